The van der Waals surface area contributed by atoms with E-state index in [1.165, 1.54) is 6.07 Å². The van der Waals surface area contributed by atoms with Crippen molar-refractivity contribution in [2.75, 3.05) is 5.32 Å². The normalized spacial score (nSPS) is 11.8. The highest BCUT2D eigenvalue weighted by atomic mass is 19.1. The number of aromatic nitrogens is 1. The van der Waals surface area contributed by atoms with E-state index in [4.69, 9.17) is 9.26 Å². The van der Waals surface area contributed by atoms with Gasteiger partial charge in [-0.2, -0.15) is 0 Å². The standard InChI is InChI=1S/C19H17FN2O3/c1-12-17(18(25-22-12)14-8-4-3-5-9-14)21-19(23)24-13(2)15-10-6-7-11-16(15)20/h3-11,13H,1-2H3,(H,21,23). The van der Waals surface area contributed by atoms with Crippen molar-refractivity contribution in [3.05, 3.63) is 71.7 Å². The second-order valence-electron chi connectivity index (χ2n) is 5.53. The van der Waals surface area contributed by atoms with Crippen molar-refractivity contribution < 1.29 is 18.4 Å². The van der Waals surface area contributed by atoms with Gasteiger partial charge in [0.15, 0.2) is 5.76 Å². The van der Waals surface area contributed by atoms with Gasteiger partial charge in [0.2, 0.25) is 0 Å². The summed E-state index contributed by atoms with van der Waals surface area (Å²) in [5.74, 6) is 0.0162. The van der Waals surface area contributed by atoms with Crippen LogP contribution in [0.2, 0.25) is 0 Å². The monoisotopic (exact) mass is 340 g/mol. The Hall–Kier alpha value is -3.15. The number of anilines is 1. The highest BCUT2D eigenvalue weighted by Gasteiger charge is 2.20. The van der Waals surface area contributed by atoms with Gasteiger partial charge >= 0.3 is 6.09 Å². The minimum absolute atomic E-state index is 0.308. The van der Waals surface area contributed by atoms with E-state index in [0.717, 1.165) is 5.56 Å². The number of carbonyl (C=O) groups is 1. The molecule has 1 unspecified atom stereocenters. The van der Waals surface area contributed by atoms with Gasteiger partial charge in [0, 0.05) is 11.1 Å². The summed E-state index contributed by atoms with van der Waals surface area (Å²) in [5, 5.41) is 6.53. The van der Waals surface area contributed by atoms with Gasteiger partial charge in [-0.1, -0.05) is 53.7 Å². The van der Waals surface area contributed by atoms with Gasteiger partial charge in [0.05, 0.1) is 0 Å². The Bertz CT molecular complexity index is 877. The number of aryl methyl sites for hydroxylation is 1. The predicted molar refractivity (Wildman–Crippen MR) is 91.6 cm³/mol. The van der Waals surface area contributed by atoms with Crippen LogP contribution in [0.25, 0.3) is 11.3 Å². The molecule has 0 saturated carbocycles. The quantitative estimate of drug-likeness (QED) is 0.718. The molecule has 1 atom stereocenters. The maximum absolute atomic E-state index is 13.8. The number of hydrogen-bond donors (Lipinski definition) is 1. The Balaban J connectivity index is 1.76. The van der Waals surface area contributed by atoms with E-state index in [0.29, 0.717) is 22.7 Å². The summed E-state index contributed by atoms with van der Waals surface area (Å²) in [7, 11) is 0. The Morgan fingerprint density at radius 2 is 1.84 bits per heavy atom. The summed E-state index contributed by atoms with van der Waals surface area (Å²) in [4.78, 5) is 12.2. The van der Waals surface area contributed by atoms with Crippen LogP contribution >= 0.6 is 0 Å². The first kappa shape index (κ1) is 16.7. The minimum atomic E-state index is -0.735. The van der Waals surface area contributed by atoms with Crippen molar-refractivity contribution in [1.29, 1.82) is 0 Å². The molecule has 128 valence electrons. The number of amides is 1. The van der Waals surface area contributed by atoms with Crippen LogP contribution in [0.5, 0.6) is 0 Å². The third-order valence-electron chi connectivity index (χ3n) is 3.75. The van der Waals surface area contributed by atoms with Crippen LogP contribution in [-0.4, -0.2) is 11.2 Å². The molecule has 0 spiro atoms. The Morgan fingerprint density at radius 1 is 1.16 bits per heavy atom. The van der Waals surface area contributed by atoms with Crippen LogP contribution in [0.15, 0.2) is 59.1 Å². The fourth-order valence-electron chi connectivity index (χ4n) is 2.46. The van der Waals surface area contributed by atoms with Gasteiger partial charge in [-0.05, 0) is 19.9 Å². The summed E-state index contributed by atoms with van der Waals surface area (Å²) in [6, 6.07) is 15.5. The third kappa shape index (κ3) is 3.68. The Morgan fingerprint density at radius 3 is 2.56 bits per heavy atom. The molecule has 6 heteroatoms. The van der Waals surface area contributed by atoms with Crippen molar-refractivity contribution >= 4 is 11.8 Å². The fraction of sp³-hybridized carbons (Fsp3) is 0.158. The average Bonchev–Trinajstić information content (AvgIpc) is 2.96. The lowest BCUT2D eigenvalue weighted by Crippen LogP contribution is -2.17. The molecule has 5 nitrogen and oxygen atoms in total. The lowest BCUT2D eigenvalue weighted by Gasteiger charge is -2.15. The molecule has 0 radical (unpaired) electrons. The maximum atomic E-state index is 13.8. The molecule has 1 heterocycles. The largest absolute Gasteiger partial charge is 0.441 e. The molecule has 25 heavy (non-hydrogen) atoms. The zero-order valence-electron chi connectivity index (χ0n) is 13.8. The molecule has 0 aliphatic carbocycles. The summed E-state index contributed by atoms with van der Waals surface area (Å²) < 4.78 is 24.4. The fourth-order valence-corrected chi connectivity index (χ4v) is 2.46. The summed E-state index contributed by atoms with van der Waals surface area (Å²) in [6.45, 7) is 3.32. The summed E-state index contributed by atoms with van der Waals surface area (Å²) >= 11 is 0. The molecule has 0 aliphatic heterocycles. The van der Waals surface area contributed by atoms with Crippen LogP contribution < -0.4 is 5.32 Å². The van der Waals surface area contributed by atoms with E-state index in [9.17, 15) is 9.18 Å². The number of ether oxygens (including phenoxy) is 1. The van der Waals surface area contributed by atoms with Crippen molar-refractivity contribution in [1.82, 2.24) is 5.16 Å². The first-order valence-electron chi connectivity index (χ1n) is 7.80. The van der Waals surface area contributed by atoms with E-state index in [1.54, 1.807) is 32.0 Å². The first-order chi connectivity index (χ1) is 12.1. The number of benzene rings is 2. The molecule has 0 saturated heterocycles. The smallest absolute Gasteiger partial charge is 0.412 e. The number of halogens is 1. The highest BCUT2D eigenvalue weighted by molar-refractivity contribution is 5.90. The lowest BCUT2D eigenvalue weighted by molar-refractivity contribution is 0.119. The van der Waals surface area contributed by atoms with Crippen LogP contribution in [0.1, 0.15) is 24.3 Å². The molecule has 3 aromatic rings. The number of hydrogen-bond acceptors (Lipinski definition) is 4. The second-order valence-corrected chi connectivity index (χ2v) is 5.53. The SMILES string of the molecule is Cc1noc(-c2ccccc2)c1NC(=O)OC(C)c1ccccc1F. The van der Waals surface area contributed by atoms with Crippen LogP contribution in [0, 0.1) is 12.7 Å². The van der Waals surface area contributed by atoms with Crippen LogP contribution in [-0.2, 0) is 4.74 Å². The van der Waals surface area contributed by atoms with Gasteiger partial charge in [-0.3, -0.25) is 5.32 Å². The Labute approximate surface area is 144 Å². The van der Waals surface area contributed by atoms with Gasteiger partial charge in [-0.25, -0.2) is 9.18 Å². The van der Waals surface area contributed by atoms with E-state index in [-0.39, 0.29) is 0 Å². The number of nitrogens with one attached hydrogen (secondary N) is 1. The summed E-state index contributed by atoms with van der Waals surface area (Å²) in [5.41, 5.74) is 2.04. The number of rotatable bonds is 4. The predicted octanol–water partition coefficient (Wildman–Crippen LogP) is 5.10. The van der Waals surface area contributed by atoms with Gasteiger partial charge in [0.25, 0.3) is 0 Å². The lowest BCUT2D eigenvalue weighted by atomic mass is 10.1. The molecule has 1 amide bonds. The van der Waals surface area contributed by atoms with Crippen LogP contribution in [0.4, 0.5) is 14.9 Å². The summed E-state index contributed by atoms with van der Waals surface area (Å²) in [6.07, 6.45) is -1.44. The topological polar surface area (TPSA) is 64.4 Å². The average molecular weight is 340 g/mol. The van der Waals surface area contributed by atoms with E-state index < -0.39 is 18.0 Å². The van der Waals surface area contributed by atoms with E-state index in [2.05, 4.69) is 10.5 Å². The molecule has 2 aromatic carbocycles. The number of carbonyl (C=O) groups excluding carboxylic acids is 1. The zero-order valence-corrected chi connectivity index (χ0v) is 13.8. The highest BCUT2D eigenvalue weighted by Crippen LogP contribution is 2.31. The van der Waals surface area contributed by atoms with Gasteiger partial charge in [-0.15, -0.1) is 0 Å². The van der Waals surface area contributed by atoms with Gasteiger partial charge < -0.3 is 9.26 Å². The molecule has 0 aliphatic rings. The number of nitrogens with zero attached hydrogens (tertiary/aromatic N) is 1. The molecular weight excluding hydrogens is 323 g/mol. The molecule has 1 aromatic heterocycles. The molecule has 3 rings (SSSR count). The molecule has 1 N–H and O–H groups in total. The Kier molecular flexibility index (Phi) is 4.79. The minimum Gasteiger partial charge on any atom is -0.441 e. The second kappa shape index (κ2) is 7.17. The molecule has 0 bridgehead atoms. The molecular formula is C19H17FN2O3. The van der Waals surface area contributed by atoms with E-state index >= 15 is 0 Å². The van der Waals surface area contributed by atoms with E-state index in [1.807, 2.05) is 30.3 Å². The van der Waals surface area contributed by atoms with Crippen molar-refractivity contribution in [2.45, 2.75) is 20.0 Å². The molecule has 0 fully saturated rings. The zero-order chi connectivity index (χ0) is 17.8. The van der Waals surface area contributed by atoms with Crippen LogP contribution in [0.3, 0.4) is 0 Å². The van der Waals surface area contributed by atoms with Crippen molar-refractivity contribution in [2.24, 2.45) is 0 Å². The first-order valence-corrected chi connectivity index (χ1v) is 7.80. The van der Waals surface area contributed by atoms with Gasteiger partial charge in [0.1, 0.15) is 23.3 Å². The maximum Gasteiger partial charge on any atom is 0.412 e. The van der Waals surface area contributed by atoms with Crippen molar-refractivity contribution in [3.8, 4) is 11.3 Å². The third-order valence-corrected chi connectivity index (χ3v) is 3.75. The van der Waals surface area contributed by atoms with Crippen molar-refractivity contribution in [3.63, 3.8) is 0 Å².